The van der Waals surface area contributed by atoms with Crippen molar-refractivity contribution in [3.05, 3.63) is 25.3 Å². The van der Waals surface area contributed by atoms with Crippen molar-refractivity contribution in [3.63, 3.8) is 0 Å². The summed E-state index contributed by atoms with van der Waals surface area (Å²) >= 11 is 0. The highest BCUT2D eigenvalue weighted by Gasteiger charge is 2.37. The summed E-state index contributed by atoms with van der Waals surface area (Å²) in [4.78, 5) is 45.2. The van der Waals surface area contributed by atoms with Crippen molar-refractivity contribution in [2.45, 2.75) is 77.4 Å². The van der Waals surface area contributed by atoms with Crippen LogP contribution in [-0.2, 0) is 33.4 Å². The summed E-state index contributed by atoms with van der Waals surface area (Å²) < 4.78 is 16.7. The van der Waals surface area contributed by atoms with Crippen LogP contribution in [0.5, 0.6) is 0 Å². The number of rotatable bonds is 16. The molecule has 0 saturated heterocycles. The van der Waals surface area contributed by atoms with E-state index < -0.39 is 23.1 Å². The first kappa shape index (κ1) is 26.7. The van der Waals surface area contributed by atoms with Crippen LogP contribution in [0.4, 0.5) is 0 Å². The van der Waals surface area contributed by atoms with Crippen molar-refractivity contribution < 1.29 is 33.4 Å². The monoisotopic (exact) mass is 410 g/mol. The van der Waals surface area contributed by atoms with Gasteiger partial charge in [-0.2, -0.15) is 0 Å². The van der Waals surface area contributed by atoms with Gasteiger partial charge < -0.3 is 14.2 Å². The smallest absolute Gasteiger partial charge is 0.313 e. The molecule has 29 heavy (non-hydrogen) atoms. The molecule has 164 valence electrons. The molecule has 0 aromatic heterocycles. The van der Waals surface area contributed by atoms with E-state index in [4.69, 9.17) is 14.2 Å². The summed E-state index contributed by atoms with van der Waals surface area (Å²) in [7, 11) is 0. The summed E-state index contributed by atoms with van der Waals surface area (Å²) in [6.07, 6.45) is 4.67. The van der Waals surface area contributed by atoms with Crippen LogP contribution in [-0.4, -0.2) is 47.9 Å². The Morgan fingerprint density at radius 3 is 1.34 bits per heavy atom. The van der Waals surface area contributed by atoms with Crippen molar-refractivity contribution in [2.24, 2.45) is 0 Å². The first-order chi connectivity index (χ1) is 13.6. The van der Waals surface area contributed by atoms with Gasteiger partial charge in [-0.25, -0.2) is 0 Å². The average Bonchev–Trinajstić information content (AvgIpc) is 2.65. The SMILES string of the molecule is C=CC(CC)(CCOC(=O)CC(C)=O)OC(C=C)(CC)CCOC(=O)CC(C)=O. The Balaban J connectivity index is 5.03. The Bertz CT molecular complexity index is 558. The third kappa shape index (κ3) is 10.2. The number of hydrogen-bond donors (Lipinski definition) is 0. The molecule has 0 aliphatic rings. The first-order valence-electron chi connectivity index (χ1n) is 9.85. The van der Waals surface area contributed by atoms with E-state index in [9.17, 15) is 19.2 Å². The average molecular weight is 411 g/mol. The summed E-state index contributed by atoms with van der Waals surface area (Å²) in [5.74, 6) is -1.66. The molecule has 0 bridgehead atoms. The zero-order valence-corrected chi connectivity index (χ0v) is 18.1. The van der Waals surface area contributed by atoms with Crippen molar-refractivity contribution in [2.75, 3.05) is 13.2 Å². The standard InChI is InChI=1S/C22H34O7/c1-7-21(8-2,11-13-27-19(25)15-17(5)23)29-22(9-3,10-4)12-14-28-20(26)16-18(6)24/h7,9H,1,3,8,10-16H2,2,4-6H3. The van der Waals surface area contributed by atoms with E-state index in [0.29, 0.717) is 25.7 Å². The largest absolute Gasteiger partial charge is 0.465 e. The van der Waals surface area contributed by atoms with E-state index in [-0.39, 0.29) is 37.6 Å². The van der Waals surface area contributed by atoms with Gasteiger partial charge in [0.2, 0.25) is 0 Å². The van der Waals surface area contributed by atoms with Crippen LogP contribution in [0.15, 0.2) is 25.3 Å². The number of ether oxygens (including phenoxy) is 3. The molecule has 0 aliphatic heterocycles. The van der Waals surface area contributed by atoms with Gasteiger partial charge >= 0.3 is 11.9 Å². The molecular formula is C22H34O7. The summed E-state index contributed by atoms with van der Waals surface area (Å²) in [6, 6.07) is 0. The Hall–Kier alpha value is -2.28. The molecule has 0 aromatic rings. The highest BCUT2D eigenvalue weighted by atomic mass is 16.6. The Morgan fingerprint density at radius 1 is 0.759 bits per heavy atom. The molecule has 7 nitrogen and oxygen atoms in total. The van der Waals surface area contributed by atoms with Crippen molar-refractivity contribution in [1.82, 2.24) is 0 Å². The molecule has 0 amide bonds. The van der Waals surface area contributed by atoms with Crippen LogP contribution in [0.3, 0.4) is 0 Å². The van der Waals surface area contributed by atoms with E-state index in [0.717, 1.165) is 0 Å². The number of ketones is 2. The quantitative estimate of drug-likeness (QED) is 0.218. The van der Waals surface area contributed by atoms with E-state index in [2.05, 4.69) is 13.2 Å². The second-order valence-corrected chi connectivity index (χ2v) is 7.05. The lowest BCUT2D eigenvalue weighted by Crippen LogP contribution is -2.43. The Labute approximate surface area is 173 Å². The van der Waals surface area contributed by atoms with Crippen LogP contribution >= 0.6 is 0 Å². The minimum absolute atomic E-state index is 0.0799. The zero-order valence-electron chi connectivity index (χ0n) is 18.1. The van der Waals surface area contributed by atoms with Crippen LogP contribution in [0.2, 0.25) is 0 Å². The summed E-state index contributed by atoms with van der Waals surface area (Å²) in [5.41, 5.74) is -1.58. The lowest BCUT2D eigenvalue weighted by Gasteiger charge is -2.40. The molecule has 0 aromatic carbocycles. The number of carbonyl (C=O) groups excluding carboxylic acids is 4. The van der Waals surface area contributed by atoms with Gasteiger partial charge in [-0.15, -0.1) is 13.2 Å². The predicted octanol–water partition coefficient (Wildman–Crippen LogP) is 3.50. The normalized spacial score (nSPS) is 14.8. The number of hydrogen-bond acceptors (Lipinski definition) is 7. The van der Waals surface area contributed by atoms with Gasteiger partial charge in [0.15, 0.2) is 0 Å². The molecule has 0 heterocycles. The molecule has 2 unspecified atom stereocenters. The molecule has 0 N–H and O–H groups in total. The molecule has 0 fully saturated rings. The molecule has 0 aliphatic carbocycles. The van der Waals surface area contributed by atoms with Gasteiger partial charge in [0.25, 0.3) is 0 Å². The highest BCUT2D eigenvalue weighted by molar-refractivity contribution is 5.94. The first-order valence-corrected chi connectivity index (χ1v) is 9.85. The minimum Gasteiger partial charge on any atom is -0.465 e. The van der Waals surface area contributed by atoms with Gasteiger partial charge in [0, 0.05) is 12.8 Å². The molecular weight excluding hydrogens is 376 g/mol. The fraction of sp³-hybridized carbons (Fsp3) is 0.636. The molecule has 0 spiro atoms. The van der Waals surface area contributed by atoms with Gasteiger partial charge in [-0.3, -0.25) is 19.2 Å². The fourth-order valence-electron chi connectivity index (χ4n) is 2.76. The third-order valence-corrected chi connectivity index (χ3v) is 4.71. The molecule has 7 heteroatoms. The Morgan fingerprint density at radius 2 is 1.10 bits per heavy atom. The van der Waals surface area contributed by atoms with Gasteiger partial charge in [0.1, 0.15) is 24.4 Å². The summed E-state index contributed by atoms with van der Waals surface area (Å²) in [6.45, 7) is 14.4. The molecule has 0 rings (SSSR count). The number of Topliss-reactive ketones (excluding diaryl/α,β-unsaturated/α-hetero) is 2. The zero-order chi connectivity index (χ0) is 22.5. The van der Waals surface area contributed by atoms with Crippen LogP contribution in [0.1, 0.15) is 66.2 Å². The van der Waals surface area contributed by atoms with Crippen LogP contribution in [0, 0.1) is 0 Å². The van der Waals surface area contributed by atoms with E-state index in [1.807, 2.05) is 13.8 Å². The lowest BCUT2D eigenvalue weighted by atomic mass is 9.91. The maximum Gasteiger partial charge on any atom is 0.313 e. The molecule has 2 atom stereocenters. The van der Waals surface area contributed by atoms with Gasteiger partial charge in [-0.05, 0) is 26.7 Å². The van der Waals surface area contributed by atoms with Gasteiger partial charge in [0.05, 0.1) is 24.4 Å². The van der Waals surface area contributed by atoms with E-state index >= 15 is 0 Å². The van der Waals surface area contributed by atoms with Crippen molar-refractivity contribution in [3.8, 4) is 0 Å². The van der Waals surface area contributed by atoms with Gasteiger partial charge in [-0.1, -0.05) is 26.0 Å². The van der Waals surface area contributed by atoms with Crippen LogP contribution < -0.4 is 0 Å². The van der Waals surface area contributed by atoms with Crippen molar-refractivity contribution in [1.29, 1.82) is 0 Å². The Kier molecular flexibility index (Phi) is 12.0. The van der Waals surface area contributed by atoms with Crippen molar-refractivity contribution >= 4 is 23.5 Å². The minimum atomic E-state index is -0.788. The maximum atomic E-state index is 11.6. The van der Waals surface area contributed by atoms with Crippen LogP contribution in [0.25, 0.3) is 0 Å². The number of carbonyl (C=O) groups is 4. The predicted molar refractivity (Wildman–Crippen MR) is 109 cm³/mol. The van der Waals surface area contributed by atoms with E-state index in [1.54, 1.807) is 12.2 Å². The molecule has 0 saturated carbocycles. The molecule has 0 radical (unpaired) electrons. The second-order valence-electron chi connectivity index (χ2n) is 7.05. The fourth-order valence-corrected chi connectivity index (χ4v) is 2.76. The lowest BCUT2D eigenvalue weighted by molar-refractivity contribution is -0.154. The third-order valence-electron chi connectivity index (χ3n) is 4.71. The maximum absolute atomic E-state index is 11.6. The second kappa shape index (κ2) is 13.0. The van der Waals surface area contributed by atoms with E-state index in [1.165, 1.54) is 13.8 Å². The number of esters is 2. The highest BCUT2D eigenvalue weighted by Crippen LogP contribution is 2.34. The summed E-state index contributed by atoms with van der Waals surface area (Å²) in [5, 5.41) is 0. The topological polar surface area (TPSA) is 96.0 Å².